The first-order valence-corrected chi connectivity index (χ1v) is 9.85. The number of benzene rings is 2. The number of aryl methyl sites for hydroxylation is 2. The van der Waals surface area contributed by atoms with Crippen LogP contribution < -0.4 is 15.0 Å². The minimum absolute atomic E-state index is 0.0680. The number of amides is 2. The molecule has 0 aliphatic carbocycles. The molecule has 0 bridgehead atoms. The van der Waals surface area contributed by atoms with Crippen LogP contribution >= 0.6 is 0 Å². The van der Waals surface area contributed by atoms with Crippen LogP contribution in [-0.4, -0.2) is 31.5 Å². The Morgan fingerprint density at radius 3 is 2.50 bits per heavy atom. The van der Waals surface area contributed by atoms with Gasteiger partial charge in [-0.1, -0.05) is 29.8 Å². The van der Waals surface area contributed by atoms with Gasteiger partial charge in [-0.2, -0.15) is 0 Å². The maximum absolute atomic E-state index is 12.7. The maximum Gasteiger partial charge on any atom is 0.255 e. The molecule has 0 aliphatic heterocycles. The molecule has 0 fully saturated rings. The van der Waals surface area contributed by atoms with Gasteiger partial charge >= 0.3 is 0 Å². The minimum Gasteiger partial charge on any atom is -0.493 e. The molecule has 0 aliphatic rings. The molecule has 0 aromatic heterocycles. The third-order valence-corrected chi connectivity index (χ3v) is 4.54. The Kier molecular flexibility index (Phi) is 8.05. The fourth-order valence-corrected chi connectivity index (χ4v) is 3.20. The fourth-order valence-electron chi connectivity index (χ4n) is 3.20. The summed E-state index contributed by atoms with van der Waals surface area (Å²) in [5.74, 6) is 0.460. The average molecular weight is 383 g/mol. The van der Waals surface area contributed by atoms with Gasteiger partial charge in [0.1, 0.15) is 5.75 Å². The van der Waals surface area contributed by atoms with Crippen molar-refractivity contribution in [1.82, 2.24) is 5.32 Å². The van der Waals surface area contributed by atoms with E-state index in [1.165, 1.54) is 5.56 Å². The molecule has 1 N–H and O–H groups in total. The first kappa shape index (κ1) is 21.5. The SMILES string of the molecule is CCOc1ccccc1C(=O)NCCCC(=O)N(CC)c1ccc(C)cc1C. The van der Waals surface area contributed by atoms with Crippen molar-refractivity contribution in [3.63, 3.8) is 0 Å². The Bertz CT molecular complexity index is 817. The number of carbonyl (C=O) groups is 2. The minimum atomic E-state index is -0.182. The van der Waals surface area contributed by atoms with E-state index >= 15 is 0 Å². The van der Waals surface area contributed by atoms with E-state index in [-0.39, 0.29) is 11.8 Å². The van der Waals surface area contributed by atoms with Crippen LogP contribution in [0.2, 0.25) is 0 Å². The molecule has 2 aromatic carbocycles. The van der Waals surface area contributed by atoms with Crippen molar-refractivity contribution in [3.05, 3.63) is 59.2 Å². The highest BCUT2D eigenvalue weighted by Crippen LogP contribution is 2.22. The van der Waals surface area contributed by atoms with Crippen molar-refractivity contribution in [2.45, 2.75) is 40.5 Å². The van der Waals surface area contributed by atoms with E-state index in [2.05, 4.69) is 11.4 Å². The molecule has 5 nitrogen and oxygen atoms in total. The van der Waals surface area contributed by atoms with Crippen LogP contribution in [0.25, 0.3) is 0 Å². The van der Waals surface area contributed by atoms with Gasteiger partial charge in [-0.25, -0.2) is 0 Å². The van der Waals surface area contributed by atoms with E-state index in [9.17, 15) is 9.59 Å². The average Bonchev–Trinajstić information content (AvgIpc) is 2.68. The molecule has 2 aromatic rings. The van der Waals surface area contributed by atoms with Crippen LogP contribution in [0.3, 0.4) is 0 Å². The van der Waals surface area contributed by atoms with Crippen LogP contribution in [0.15, 0.2) is 42.5 Å². The third kappa shape index (κ3) is 5.59. The lowest BCUT2D eigenvalue weighted by Crippen LogP contribution is -2.32. The van der Waals surface area contributed by atoms with E-state index in [0.717, 1.165) is 11.3 Å². The molecular formula is C23H30N2O3. The molecule has 0 saturated carbocycles. The zero-order valence-corrected chi connectivity index (χ0v) is 17.2. The number of hydrogen-bond donors (Lipinski definition) is 1. The second kappa shape index (κ2) is 10.5. The van der Waals surface area contributed by atoms with E-state index in [1.807, 2.05) is 52.0 Å². The van der Waals surface area contributed by atoms with Gasteiger partial charge in [0.15, 0.2) is 0 Å². The summed E-state index contributed by atoms with van der Waals surface area (Å²) in [5, 5.41) is 2.88. The van der Waals surface area contributed by atoms with Crippen molar-refractivity contribution >= 4 is 17.5 Å². The quantitative estimate of drug-likeness (QED) is 0.659. The summed E-state index contributed by atoms with van der Waals surface area (Å²) >= 11 is 0. The highest BCUT2D eigenvalue weighted by molar-refractivity contribution is 5.97. The summed E-state index contributed by atoms with van der Waals surface area (Å²) < 4.78 is 5.50. The standard InChI is InChI=1S/C23H30N2O3/c1-5-25(20-14-13-17(3)16-18(20)4)22(26)12-9-15-24-23(27)19-10-7-8-11-21(19)28-6-2/h7-8,10-11,13-14,16H,5-6,9,12,15H2,1-4H3,(H,24,27). The van der Waals surface area contributed by atoms with Crippen LogP contribution in [0.5, 0.6) is 5.75 Å². The number of carbonyl (C=O) groups excluding carboxylic acids is 2. The molecule has 2 rings (SSSR count). The number of rotatable bonds is 9. The van der Waals surface area contributed by atoms with Crippen LogP contribution in [-0.2, 0) is 4.79 Å². The second-order valence-electron chi connectivity index (χ2n) is 6.72. The van der Waals surface area contributed by atoms with Gasteiger partial charge in [0.05, 0.1) is 12.2 Å². The summed E-state index contributed by atoms with van der Waals surface area (Å²) in [5.41, 5.74) is 3.74. The largest absolute Gasteiger partial charge is 0.493 e. The van der Waals surface area contributed by atoms with Gasteiger partial charge < -0.3 is 15.0 Å². The molecule has 0 spiro atoms. The predicted molar refractivity (Wildman–Crippen MR) is 113 cm³/mol. The lowest BCUT2D eigenvalue weighted by Gasteiger charge is -2.23. The molecule has 0 atom stereocenters. The first-order chi connectivity index (χ1) is 13.5. The number of ether oxygens (including phenoxy) is 1. The number of para-hydroxylation sites is 1. The highest BCUT2D eigenvalue weighted by atomic mass is 16.5. The zero-order chi connectivity index (χ0) is 20.5. The van der Waals surface area contributed by atoms with Crippen LogP contribution in [0.4, 0.5) is 5.69 Å². The predicted octanol–water partition coefficient (Wildman–Crippen LogP) is 4.27. The summed E-state index contributed by atoms with van der Waals surface area (Å²) in [4.78, 5) is 26.9. The van der Waals surface area contributed by atoms with E-state index in [1.54, 1.807) is 17.0 Å². The van der Waals surface area contributed by atoms with Gasteiger partial charge in [0, 0.05) is 25.2 Å². The van der Waals surface area contributed by atoms with Gasteiger partial charge in [-0.05, 0) is 57.9 Å². The smallest absolute Gasteiger partial charge is 0.255 e. The Labute approximate surface area is 167 Å². The van der Waals surface area contributed by atoms with E-state index < -0.39 is 0 Å². The summed E-state index contributed by atoms with van der Waals surface area (Å²) in [6.45, 7) is 9.49. The first-order valence-electron chi connectivity index (χ1n) is 9.85. The molecule has 5 heteroatoms. The van der Waals surface area contributed by atoms with Gasteiger partial charge in [-0.15, -0.1) is 0 Å². The van der Waals surface area contributed by atoms with Gasteiger partial charge in [-0.3, -0.25) is 9.59 Å². The number of nitrogens with one attached hydrogen (secondary N) is 1. The molecule has 0 saturated heterocycles. The Hall–Kier alpha value is -2.82. The van der Waals surface area contributed by atoms with Crippen molar-refractivity contribution in [1.29, 1.82) is 0 Å². The van der Waals surface area contributed by atoms with E-state index in [0.29, 0.717) is 43.9 Å². The monoisotopic (exact) mass is 382 g/mol. The molecule has 0 unspecified atom stereocenters. The van der Waals surface area contributed by atoms with Crippen LogP contribution in [0, 0.1) is 13.8 Å². The molecule has 0 radical (unpaired) electrons. The lowest BCUT2D eigenvalue weighted by atomic mass is 10.1. The lowest BCUT2D eigenvalue weighted by molar-refractivity contribution is -0.118. The van der Waals surface area contributed by atoms with Crippen LogP contribution in [0.1, 0.15) is 48.2 Å². The summed E-state index contributed by atoms with van der Waals surface area (Å²) in [6, 6.07) is 13.3. The molecule has 28 heavy (non-hydrogen) atoms. The summed E-state index contributed by atoms with van der Waals surface area (Å²) in [6.07, 6.45) is 0.970. The van der Waals surface area contributed by atoms with Gasteiger partial charge in [0.2, 0.25) is 5.91 Å². The normalized spacial score (nSPS) is 10.4. The van der Waals surface area contributed by atoms with E-state index in [4.69, 9.17) is 4.74 Å². The van der Waals surface area contributed by atoms with Crippen molar-refractivity contribution in [2.24, 2.45) is 0 Å². The highest BCUT2D eigenvalue weighted by Gasteiger charge is 2.16. The summed E-state index contributed by atoms with van der Waals surface area (Å²) in [7, 11) is 0. The van der Waals surface area contributed by atoms with Crippen molar-refractivity contribution < 1.29 is 14.3 Å². The van der Waals surface area contributed by atoms with Crippen molar-refractivity contribution in [3.8, 4) is 5.75 Å². The maximum atomic E-state index is 12.7. The molecule has 0 heterocycles. The zero-order valence-electron chi connectivity index (χ0n) is 17.2. The number of nitrogens with zero attached hydrogens (tertiary/aromatic N) is 1. The fraction of sp³-hybridized carbons (Fsp3) is 0.391. The van der Waals surface area contributed by atoms with Gasteiger partial charge in [0.25, 0.3) is 5.91 Å². The topological polar surface area (TPSA) is 58.6 Å². The number of hydrogen-bond acceptors (Lipinski definition) is 3. The van der Waals surface area contributed by atoms with Crippen molar-refractivity contribution in [2.75, 3.05) is 24.6 Å². The Morgan fingerprint density at radius 2 is 1.82 bits per heavy atom. The molecular weight excluding hydrogens is 352 g/mol. The Balaban J connectivity index is 1.88. The second-order valence-corrected chi connectivity index (χ2v) is 6.72. The molecule has 150 valence electrons. The third-order valence-electron chi connectivity index (χ3n) is 4.54. The number of anilines is 1. The molecule has 2 amide bonds. The Morgan fingerprint density at radius 1 is 1.07 bits per heavy atom.